The summed E-state index contributed by atoms with van der Waals surface area (Å²) in [5.41, 5.74) is 0.805. The second-order valence-corrected chi connectivity index (χ2v) is 4.20. The van der Waals surface area contributed by atoms with E-state index >= 15 is 0 Å². The Morgan fingerprint density at radius 3 is 2.33 bits per heavy atom. The highest BCUT2D eigenvalue weighted by molar-refractivity contribution is 6.02. The van der Waals surface area contributed by atoms with Crippen LogP contribution in [0, 0.1) is 5.92 Å². The maximum atomic E-state index is 11.7. The van der Waals surface area contributed by atoms with Gasteiger partial charge in [0.25, 0.3) is 0 Å². The number of benzene rings is 1. The van der Waals surface area contributed by atoms with Crippen molar-refractivity contribution in [1.82, 2.24) is 0 Å². The van der Waals surface area contributed by atoms with Crippen molar-refractivity contribution < 1.29 is 23.9 Å². The van der Waals surface area contributed by atoms with Crippen molar-refractivity contribution in [1.29, 1.82) is 0 Å². The fraction of sp³-hybridized carbons (Fsp3) is 0.312. The predicted molar refractivity (Wildman–Crippen MR) is 77.0 cm³/mol. The van der Waals surface area contributed by atoms with Gasteiger partial charge in [-0.25, -0.2) is 4.79 Å². The van der Waals surface area contributed by atoms with Crippen molar-refractivity contribution in [3.05, 3.63) is 42.0 Å². The van der Waals surface area contributed by atoms with Gasteiger partial charge in [0.1, 0.15) is 0 Å². The zero-order valence-corrected chi connectivity index (χ0v) is 12.1. The van der Waals surface area contributed by atoms with E-state index in [0.29, 0.717) is 0 Å². The summed E-state index contributed by atoms with van der Waals surface area (Å²) >= 11 is 0. The Labute approximate surface area is 123 Å². The molecule has 0 N–H and O–H groups in total. The molecule has 0 radical (unpaired) electrons. The number of ether oxygens (including phenoxy) is 2. The van der Waals surface area contributed by atoms with Gasteiger partial charge in [-0.15, -0.1) is 0 Å². The molecule has 0 aliphatic carbocycles. The van der Waals surface area contributed by atoms with E-state index in [1.807, 2.05) is 18.2 Å². The molecule has 1 aromatic carbocycles. The summed E-state index contributed by atoms with van der Waals surface area (Å²) in [6.07, 6.45) is 2.89. The molecule has 0 heterocycles. The molecule has 0 saturated heterocycles. The summed E-state index contributed by atoms with van der Waals surface area (Å²) in [4.78, 5) is 34.8. The van der Waals surface area contributed by atoms with Crippen LogP contribution < -0.4 is 0 Å². The lowest BCUT2D eigenvalue weighted by molar-refractivity contribution is -0.166. The minimum atomic E-state index is -1.07. The molecule has 0 fully saturated rings. The molecule has 0 bridgehead atoms. The fourth-order valence-corrected chi connectivity index (χ4v) is 1.61. The number of carbonyl (C=O) groups excluding carboxylic acids is 3. The lowest BCUT2D eigenvalue weighted by Gasteiger charge is -2.10. The summed E-state index contributed by atoms with van der Waals surface area (Å²) in [5, 5.41) is 0. The first-order valence-electron chi connectivity index (χ1n) is 6.73. The van der Waals surface area contributed by atoms with Gasteiger partial charge in [0, 0.05) is 6.08 Å². The van der Waals surface area contributed by atoms with Crippen LogP contribution in [0.5, 0.6) is 0 Å². The van der Waals surface area contributed by atoms with Gasteiger partial charge < -0.3 is 9.47 Å². The van der Waals surface area contributed by atoms with Crippen LogP contribution in [0.2, 0.25) is 0 Å². The maximum Gasteiger partial charge on any atom is 0.338 e. The number of hydrogen-bond donors (Lipinski definition) is 0. The first-order chi connectivity index (χ1) is 10.1. The number of rotatable bonds is 6. The smallest absolute Gasteiger partial charge is 0.338 e. The minimum absolute atomic E-state index is 0.171. The third-order valence-electron chi connectivity index (χ3n) is 2.68. The van der Waals surface area contributed by atoms with Gasteiger partial charge in [-0.1, -0.05) is 37.3 Å². The molecule has 0 aliphatic heterocycles. The molecule has 0 spiro atoms. The molecule has 0 saturated carbocycles. The molecule has 0 aromatic heterocycles. The first kappa shape index (κ1) is 16.6. The topological polar surface area (TPSA) is 69.7 Å². The highest BCUT2D eigenvalue weighted by atomic mass is 16.6. The van der Waals surface area contributed by atoms with Crippen LogP contribution >= 0.6 is 0 Å². The summed E-state index contributed by atoms with van der Waals surface area (Å²) in [7, 11) is 0. The van der Waals surface area contributed by atoms with E-state index in [-0.39, 0.29) is 13.0 Å². The molecule has 0 aliphatic rings. The van der Waals surface area contributed by atoms with E-state index in [4.69, 9.17) is 4.74 Å². The predicted octanol–water partition coefficient (Wildman–Crippen LogP) is 2.36. The van der Waals surface area contributed by atoms with Gasteiger partial charge in [0.2, 0.25) is 0 Å². The summed E-state index contributed by atoms with van der Waals surface area (Å²) < 4.78 is 9.38. The van der Waals surface area contributed by atoms with Gasteiger partial charge in [-0.2, -0.15) is 0 Å². The van der Waals surface area contributed by atoms with Crippen LogP contribution in [0.15, 0.2) is 36.4 Å². The molecule has 1 rings (SSSR count). The second kappa shape index (κ2) is 8.68. The van der Waals surface area contributed by atoms with E-state index in [0.717, 1.165) is 11.6 Å². The van der Waals surface area contributed by atoms with Crippen LogP contribution in [0.1, 0.15) is 25.8 Å². The lowest BCUT2D eigenvalue weighted by Crippen LogP contribution is -2.28. The lowest BCUT2D eigenvalue weighted by atomic mass is 10.1. The number of carbonyl (C=O) groups is 3. The average molecular weight is 290 g/mol. The normalized spacial score (nSPS) is 11.9. The number of esters is 3. The van der Waals surface area contributed by atoms with Gasteiger partial charge in [-0.3, -0.25) is 9.59 Å². The minimum Gasteiger partial charge on any atom is -0.465 e. The van der Waals surface area contributed by atoms with Crippen molar-refractivity contribution in [2.24, 2.45) is 5.92 Å². The Balaban J connectivity index is 2.59. The Morgan fingerprint density at radius 2 is 1.76 bits per heavy atom. The van der Waals surface area contributed by atoms with Crippen LogP contribution in [0.25, 0.3) is 6.08 Å². The molecular weight excluding hydrogens is 272 g/mol. The third kappa shape index (κ3) is 5.60. The largest absolute Gasteiger partial charge is 0.465 e. The van der Waals surface area contributed by atoms with E-state index in [2.05, 4.69) is 4.74 Å². The quantitative estimate of drug-likeness (QED) is 0.457. The van der Waals surface area contributed by atoms with Crippen LogP contribution in [0.3, 0.4) is 0 Å². The second-order valence-electron chi connectivity index (χ2n) is 4.20. The third-order valence-corrected chi connectivity index (χ3v) is 2.68. The molecule has 5 nitrogen and oxygen atoms in total. The van der Waals surface area contributed by atoms with Crippen molar-refractivity contribution in [2.75, 3.05) is 6.61 Å². The van der Waals surface area contributed by atoms with Crippen LogP contribution in [-0.4, -0.2) is 24.5 Å². The Kier molecular flexibility index (Phi) is 6.87. The number of hydrogen-bond acceptors (Lipinski definition) is 5. The molecule has 1 aromatic rings. The van der Waals surface area contributed by atoms with Gasteiger partial charge in [-0.05, 0) is 25.0 Å². The zero-order valence-electron chi connectivity index (χ0n) is 12.1. The highest BCUT2D eigenvalue weighted by Crippen LogP contribution is 2.09. The van der Waals surface area contributed by atoms with E-state index < -0.39 is 23.8 Å². The van der Waals surface area contributed by atoms with E-state index in [1.54, 1.807) is 26.0 Å². The van der Waals surface area contributed by atoms with E-state index in [9.17, 15) is 14.4 Å². The fourth-order valence-electron chi connectivity index (χ4n) is 1.61. The Hall–Kier alpha value is -2.43. The molecule has 112 valence electrons. The van der Waals surface area contributed by atoms with Crippen molar-refractivity contribution in [3.63, 3.8) is 0 Å². The van der Waals surface area contributed by atoms with Crippen LogP contribution in [-0.2, 0) is 23.9 Å². The van der Waals surface area contributed by atoms with Crippen LogP contribution in [0.4, 0.5) is 0 Å². The molecular formula is C16H18O5. The summed E-state index contributed by atoms with van der Waals surface area (Å²) in [6, 6.07) is 9.11. The van der Waals surface area contributed by atoms with Crippen molar-refractivity contribution >= 4 is 24.0 Å². The van der Waals surface area contributed by atoms with Crippen molar-refractivity contribution in [3.8, 4) is 0 Å². The Morgan fingerprint density at radius 1 is 1.10 bits per heavy atom. The summed E-state index contributed by atoms with van der Waals surface area (Å²) in [5.74, 6) is -3.45. The maximum absolute atomic E-state index is 11.7. The molecule has 21 heavy (non-hydrogen) atoms. The first-order valence-corrected chi connectivity index (χ1v) is 6.73. The van der Waals surface area contributed by atoms with E-state index in [1.165, 1.54) is 6.08 Å². The molecule has 0 amide bonds. The summed E-state index contributed by atoms with van der Waals surface area (Å²) in [6.45, 7) is 3.46. The molecule has 1 atom stereocenters. The SMILES string of the molecule is CCOC(=O)C(CC)C(=O)OC(=O)/C=C/c1ccccc1. The standard InChI is InChI=1S/C16H18O5/c1-3-13(15(18)20-4-2)16(19)21-14(17)11-10-12-8-6-5-7-9-12/h5-11,13H,3-4H2,1-2H3/b11-10+. The molecule has 5 heteroatoms. The van der Waals surface area contributed by atoms with Gasteiger partial charge >= 0.3 is 17.9 Å². The zero-order chi connectivity index (χ0) is 15.7. The van der Waals surface area contributed by atoms with Gasteiger partial charge in [0.15, 0.2) is 5.92 Å². The average Bonchev–Trinajstić information content (AvgIpc) is 2.47. The Bertz CT molecular complexity index is 519. The van der Waals surface area contributed by atoms with Crippen molar-refractivity contribution in [2.45, 2.75) is 20.3 Å². The van der Waals surface area contributed by atoms with Gasteiger partial charge in [0.05, 0.1) is 6.61 Å². The molecule has 1 unspecified atom stereocenters. The monoisotopic (exact) mass is 290 g/mol. The highest BCUT2D eigenvalue weighted by Gasteiger charge is 2.29.